The van der Waals surface area contributed by atoms with E-state index in [2.05, 4.69) is 54.6 Å². The quantitative estimate of drug-likeness (QED) is 0.470. The summed E-state index contributed by atoms with van der Waals surface area (Å²) in [5, 5.41) is 30.5. The fraction of sp³-hybridized carbons (Fsp3) is 0.458. The maximum Gasteiger partial charge on any atom is 0.232 e. The van der Waals surface area contributed by atoms with Gasteiger partial charge in [0.1, 0.15) is 11.6 Å². The van der Waals surface area contributed by atoms with E-state index in [1.54, 1.807) is 13.2 Å². The van der Waals surface area contributed by atoms with Crippen LogP contribution in [0.1, 0.15) is 30.9 Å². The number of nitrogens with one attached hydrogen (secondary N) is 2. The van der Waals surface area contributed by atoms with Crippen molar-refractivity contribution in [2.75, 3.05) is 55.4 Å². The lowest BCUT2D eigenvalue weighted by molar-refractivity contribution is 0.136. The summed E-state index contributed by atoms with van der Waals surface area (Å²) in [6.07, 6.45) is 3.58. The van der Waals surface area contributed by atoms with E-state index in [1.807, 2.05) is 6.07 Å². The molecule has 0 unspecified atom stereocenters. The van der Waals surface area contributed by atoms with Crippen molar-refractivity contribution in [3.8, 4) is 12.1 Å². The van der Waals surface area contributed by atoms with Gasteiger partial charge in [-0.15, -0.1) is 0 Å². The van der Waals surface area contributed by atoms with Crippen molar-refractivity contribution in [2.45, 2.75) is 31.8 Å². The highest BCUT2D eigenvalue weighted by molar-refractivity contribution is 6.36. The number of hydrogen-bond donors (Lipinski definition) is 2. The highest BCUT2D eigenvalue weighted by atomic mass is 35.5. The largest absolute Gasteiger partial charge is 0.383 e. The number of nitrogens with zero attached hydrogens (tertiary/aromatic N) is 8. The number of hydrogen-bond acceptors (Lipinski definition) is 10. The first kappa shape index (κ1) is 24.1. The smallest absolute Gasteiger partial charge is 0.232 e. The van der Waals surface area contributed by atoms with Crippen molar-refractivity contribution in [2.24, 2.45) is 0 Å². The normalized spacial score (nSPS) is 18.1. The number of halogens is 1. The van der Waals surface area contributed by atoms with Gasteiger partial charge in [-0.3, -0.25) is 4.90 Å². The zero-order valence-electron chi connectivity index (χ0n) is 20.2. The van der Waals surface area contributed by atoms with E-state index in [0.29, 0.717) is 46.1 Å². The molecule has 186 valence electrons. The predicted octanol–water partition coefficient (Wildman–Crippen LogP) is 3.00. The third-order valence-corrected chi connectivity index (χ3v) is 6.86. The van der Waals surface area contributed by atoms with Gasteiger partial charge in [0.25, 0.3) is 0 Å². The lowest BCUT2D eigenvalue weighted by Gasteiger charge is -2.41. The zero-order chi connectivity index (χ0) is 25.2. The van der Waals surface area contributed by atoms with Gasteiger partial charge >= 0.3 is 0 Å². The van der Waals surface area contributed by atoms with Crippen LogP contribution in [-0.2, 0) is 4.74 Å². The Morgan fingerprint density at radius 1 is 1.19 bits per heavy atom. The molecule has 0 spiro atoms. The van der Waals surface area contributed by atoms with Crippen molar-refractivity contribution >= 4 is 40.5 Å². The van der Waals surface area contributed by atoms with Gasteiger partial charge in [0.15, 0.2) is 5.65 Å². The van der Waals surface area contributed by atoms with Gasteiger partial charge in [-0.05, 0) is 31.9 Å². The van der Waals surface area contributed by atoms with Crippen LogP contribution in [0.2, 0.25) is 5.02 Å². The highest BCUT2D eigenvalue weighted by Gasteiger charge is 2.27. The van der Waals surface area contributed by atoms with Crippen LogP contribution in [0.5, 0.6) is 0 Å². The fourth-order valence-corrected chi connectivity index (χ4v) is 4.69. The Bertz CT molecular complexity index is 1360. The van der Waals surface area contributed by atoms with E-state index in [1.165, 1.54) is 10.7 Å². The van der Waals surface area contributed by atoms with Gasteiger partial charge in [-0.1, -0.05) is 11.6 Å². The third-order valence-electron chi connectivity index (χ3n) is 6.46. The molecule has 0 amide bonds. The summed E-state index contributed by atoms with van der Waals surface area (Å²) in [5.74, 6) is 0.767. The van der Waals surface area contributed by atoms with Crippen LogP contribution in [0.3, 0.4) is 0 Å². The summed E-state index contributed by atoms with van der Waals surface area (Å²) in [4.78, 5) is 13.7. The summed E-state index contributed by atoms with van der Waals surface area (Å²) in [7, 11) is 1.71. The molecule has 5 rings (SSSR count). The SMILES string of the molecule is COCCN1CCN(c2cc(C#N)cc(Nc3nc(NC4CC4)n4ncc(C#N)c4n3)c2Cl)[C@@H](C)C1. The monoisotopic (exact) mass is 506 g/mol. The van der Waals surface area contributed by atoms with E-state index in [4.69, 9.17) is 16.3 Å². The molecule has 11 nitrogen and oxygen atoms in total. The van der Waals surface area contributed by atoms with Gasteiger partial charge < -0.3 is 20.3 Å². The van der Waals surface area contributed by atoms with E-state index < -0.39 is 0 Å². The van der Waals surface area contributed by atoms with Crippen LogP contribution in [0.15, 0.2) is 18.3 Å². The van der Waals surface area contributed by atoms with Crippen LogP contribution in [0.4, 0.5) is 23.3 Å². The minimum atomic E-state index is 0.196. The maximum absolute atomic E-state index is 9.73. The fourth-order valence-electron chi connectivity index (χ4n) is 4.42. The maximum atomic E-state index is 9.73. The highest BCUT2D eigenvalue weighted by Crippen LogP contribution is 2.37. The Labute approximate surface area is 214 Å². The predicted molar refractivity (Wildman–Crippen MR) is 137 cm³/mol. The molecule has 2 N–H and O–H groups in total. The van der Waals surface area contributed by atoms with Crippen molar-refractivity contribution in [1.29, 1.82) is 10.5 Å². The number of aromatic nitrogens is 4. The molecule has 3 aromatic rings. The second-order valence-electron chi connectivity index (χ2n) is 9.12. The number of nitriles is 2. The summed E-state index contributed by atoms with van der Waals surface area (Å²) < 4.78 is 6.76. The van der Waals surface area contributed by atoms with Crippen molar-refractivity contribution < 1.29 is 4.74 Å². The van der Waals surface area contributed by atoms with E-state index >= 15 is 0 Å². The molecular formula is C24H27ClN10O. The lowest BCUT2D eigenvalue weighted by atomic mass is 10.1. The first-order chi connectivity index (χ1) is 17.5. The number of methoxy groups -OCH3 is 1. The van der Waals surface area contributed by atoms with E-state index in [9.17, 15) is 10.5 Å². The average molecular weight is 507 g/mol. The molecule has 1 saturated carbocycles. The van der Waals surface area contributed by atoms with E-state index in [0.717, 1.165) is 44.7 Å². The van der Waals surface area contributed by atoms with Gasteiger partial charge in [-0.25, -0.2) is 0 Å². The Balaban J connectivity index is 1.47. The van der Waals surface area contributed by atoms with Gasteiger partial charge in [0.2, 0.25) is 11.9 Å². The number of fused-ring (bicyclic) bond motifs is 1. The number of anilines is 4. The average Bonchev–Trinajstić information content (AvgIpc) is 3.60. The van der Waals surface area contributed by atoms with Crippen LogP contribution in [0, 0.1) is 22.7 Å². The minimum absolute atomic E-state index is 0.196. The van der Waals surface area contributed by atoms with Crippen LogP contribution >= 0.6 is 11.6 Å². The van der Waals surface area contributed by atoms with Crippen molar-refractivity contribution in [1.82, 2.24) is 24.5 Å². The molecule has 36 heavy (non-hydrogen) atoms. The molecular weight excluding hydrogens is 480 g/mol. The molecule has 0 radical (unpaired) electrons. The summed E-state index contributed by atoms with van der Waals surface area (Å²) >= 11 is 6.91. The summed E-state index contributed by atoms with van der Waals surface area (Å²) in [5.41, 5.74) is 2.53. The molecule has 2 aliphatic rings. The Morgan fingerprint density at radius 3 is 2.72 bits per heavy atom. The molecule has 2 fully saturated rings. The van der Waals surface area contributed by atoms with Crippen LogP contribution in [0.25, 0.3) is 5.65 Å². The zero-order valence-corrected chi connectivity index (χ0v) is 21.0. The molecule has 1 saturated heterocycles. The van der Waals surface area contributed by atoms with E-state index in [-0.39, 0.29) is 12.0 Å². The molecule has 1 atom stereocenters. The molecule has 1 aliphatic carbocycles. The first-order valence-corrected chi connectivity index (χ1v) is 12.3. The topological polar surface area (TPSA) is 130 Å². The minimum Gasteiger partial charge on any atom is -0.383 e. The molecule has 1 aliphatic heterocycles. The molecule has 0 bridgehead atoms. The molecule has 12 heteroatoms. The first-order valence-electron chi connectivity index (χ1n) is 11.9. The molecule has 2 aromatic heterocycles. The number of benzene rings is 1. The Kier molecular flexibility index (Phi) is 6.79. The van der Waals surface area contributed by atoms with Crippen LogP contribution in [-0.4, -0.2) is 76.5 Å². The van der Waals surface area contributed by atoms with Gasteiger partial charge in [-0.2, -0.15) is 30.1 Å². The number of rotatable bonds is 8. The number of ether oxygens (including phenoxy) is 1. The second kappa shape index (κ2) is 10.2. The van der Waals surface area contributed by atoms with Crippen molar-refractivity contribution in [3.05, 3.63) is 34.5 Å². The Hall–Kier alpha value is -3.64. The summed E-state index contributed by atoms with van der Waals surface area (Å²) in [6.45, 7) is 6.24. The molecule has 1 aromatic carbocycles. The molecule has 3 heterocycles. The second-order valence-corrected chi connectivity index (χ2v) is 9.50. The van der Waals surface area contributed by atoms with Gasteiger partial charge in [0, 0.05) is 45.4 Å². The number of piperazine rings is 1. The third kappa shape index (κ3) is 4.86. The van der Waals surface area contributed by atoms with Crippen LogP contribution < -0.4 is 15.5 Å². The summed E-state index contributed by atoms with van der Waals surface area (Å²) in [6, 6.07) is 8.40. The lowest BCUT2D eigenvalue weighted by Crippen LogP contribution is -2.52. The Morgan fingerprint density at radius 2 is 2.03 bits per heavy atom. The van der Waals surface area contributed by atoms with Crippen molar-refractivity contribution in [3.63, 3.8) is 0 Å². The standard InChI is InChI=1S/C24H27ClN10O/c1-15-14-33(7-8-36-2)5-6-34(15)20-10-16(11-26)9-19(21(20)25)30-23-31-22-17(12-27)13-28-35(22)24(32-23)29-18-3-4-18/h9-10,13,15,18H,3-8,14H2,1-2H3,(H2,29,30,31,32)/t15-/m0/s1. The van der Waals surface area contributed by atoms with Gasteiger partial charge in [0.05, 0.1) is 40.8 Å².